The molecule has 0 aliphatic carbocycles. The van der Waals surface area contributed by atoms with E-state index in [0.717, 1.165) is 18.7 Å². The van der Waals surface area contributed by atoms with Gasteiger partial charge in [-0.05, 0) is 30.7 Å². The van der Waals surface area contributed by atoms with Crippen LogP contribution >= 0.6 is 12.4 Å². The van der Waals surface area contributed by atoms with Crippen LogP contribution in [0.3, 0.4) is 0 Å². The summed E-state index contributed by atoms with van der Waals surface area (Å²) >= 11 is 0. The quantitative estimate of drug-likeness (QED) is 0.550. The van der Waals surface area contributed by atoms with E-state index in [1.807, 2.05) is 6.07 Å². The minimum Gasteiger partial charge on any atom is -0.326 e. The molecule has 0 spiro atoms. The van der Waals surface area contributed by atoms with Gasteiger partial charge in [-0.25, -0.2) is 4.39 Å². The normalized spacial score (nSPS) is 16.7. The number of anilines is 1. The zero-order valence-corrected chi connectivity index (χ0v) is 16.9. The van der Waals surface area contributed by atoms with Gasteiger partial charge in [0.1, 0.15) is 5.82 Å². The number of nitro groups is 1. The molecule has 9 heteroatoms. The maximum atomic E-state index is 13.6. The lowest BCUT2D eigenvalue weighted by Crippen LogP contribution is -2.46. The van der Waals surface area contributed by atoms with Gasteiger partial charge < -0.3 is 10.6 Å². The second-order valence-electron chi connectivity index (χ2n) is 6.82. The van der Waals surface area contributed by atoms with Crippen molar-refractivity contribution in [1.82, 2.24) is 10.2 Å². The second kappa shape index (κ2) is 10.3. The molecule has 1 aliphatic heterocycles. The van der Waals surface area contributed by atoms with E-state index in [1.165, 1.54) is 18.2 Å². The van der Waals surface area contributed by atoms with E-state index in [1.54, 1.807) is 25.1 Å². The largest absolute Gasteiger partial charge is 0.326 e. The maximum Gasteiger partial charge on any atom is 0.274 e. The van der Waals surface area contributed by atoms with Crippen LogP contribution in [0.5, 0.6) is 0 Å². The van der Waals surface area contributed by atoms with E-state index < -0.39 is 4.92 Å². The Labute approximate surface area is 174 Å². The van der Waals surface area contributed by atoms with Gasteiger partial charge in [0, 0.05) is 44.7 Å². The molecule has 0 bridgehead atoms. The number of nitrogens with zero attached hydrogens (tertiary/aromatic N) is 2. The van der Waals surface area contributed by atoms with Gasteiger partial charge in [0.2, 0.25) is 5.91 Å². The topological polar surface area (TPSA) is 87.5 Å². The Bertz CT molecular complexity index is 881. The Kier molecular flexibility index (Phi) is 8.07. The second-order valence-corrected chi connectivity index (χ2v) is 6.82. The summed E-state index contributed by atoms with van der Waals surface area (Å²) in [6.07, 6.45) is 0.244. The first kappa shape index (κ1) is 22.7. The molecule has 2 aromatic carbocycles. The average molecular weight is 423 g/mol. The summed E-state index contributed by atoms with van der Waals surface area (Å²) in [5.74, 6) is -0.484. The van der Waals surface area contributed by atoms with Gasteiger partial charge in [0.05, 0.1) is 16.2 Å². The molecule has 1 heterocycles. The van der Waals surface area contributed by atoms with Gasteiger partial charge in [-0.15, -0.1) is 12.4 Å². The van der Waals surface area contributed by atoms with Crippen LogP contribution in [0.25, 0.3) is 0 Å². The summed E-state index contributed by atoms with van der Waals surface area (Å²) in [7, 11) is 0. The lowest BCUT2D eigenvalue weighted by Gasteiger charge is -2.36. The fourth-order valence-electron chi connectivity index (χ4n) is 3.47. The summed E-state index contributed by atoms with van der Waals surface area (Å²) in [6.45, 7) is 4.38. The van der Waals surface area contributed by atoms with E-state index >= 15 is 0 Å². The third kappa shape index (κ3) is 5.72. The minimum absolute atomic E-state index is 0. The molecule has 1 unspecified atom stereocenters. The Hall–Kier alpha value is -2.55. The molecule has 29 heavy (non-hydrogen) atoms. The highest BCUT2D eigenvalue weighted by Gasteiger charge is 2.24. The van der Waals surface area contributed by atoms with Crippen molar-refractivity contribution in [3.63, 3.8) is 0 Å². The van der Waals surface area contributed by atoms with Crippen LogP contribution in [-0.4, -0.2) is 41.9 Å². The van der Waals surface area contributed by atoms with E-state index in [0.29, 0.717) is 24.3 Å². The predicted molar refractivity (Wildman–Crippen MR) is 112 cm³/mol. The van der Waals surface area contributed by atoms with Gasteiger partial charge in [0.25, 0.3) is 5.69 Å². The first-order valence-corrected chi connectivity index (χ1v) is 9.20. The summed E-state index contributed by atoms with van der Waals surface area (Å²) in [6, 6.07) is 11.1. The summed E-state index contributed by atoms with van der Waals surface area (Å²) < 4.78 is 13.6. The molecule has 0 aromatic heterocycles. The number of nitrogens with one attached hydrogen (secondary N) is 2. The highest BCUT2D eigenvalue weighted by atomic mass is 35.5. The van der Waals surface area contributed by atoms with Crippen LogP contribution in [0.4, 0.5) is 15.8 Å². The van der Waals surface area contributed by atoms with Crippen molar-refractivity contribution in [2.45, 2.75) is 19.4 Å². The average Bonchev–Trinajstić information content (AvgIpc) is 2.68. The van der Waals surface area contributed by atoms with Crippen molar-refractivity contribution in [3.05, 3.63) is 69.5 Å². The lowest BCUT2D eigenvalue weighted by atomic mass is 10.0. The molecule has 156 valence electrons. The first-order valence-electron chi connectivity index (χ1n) is 9.20. The number of rotatable bonds is 6. The standard InChI is InChI=1S/C20H23FN4O3.ClH/c1-14-17(6-3-7-18(14)25(27)28)23-20(26)8-10-24-11-9-22-13-19(24)15-4-2-5-16(21)12-15;/h2-7,12,19,22H,8-11,13H2,1H3,(H,23,26);1H. The predicted octanol–water partition coefficient (Wildman–Crippen LogP) is 3.44. The van der Waals surface area contributed by atoms with Crippen molar-refractivity contribution in [1.29, 1.82) is 0 Å². The van der Waals surface area contributed by atoms with Crippen molar-refractivity contribution in [3.8, 4) is 0 Å². The molecule has 1 saturated heterocycles. The monoisotopic (exact) mass is 422 g/mol. The highest BCUT2D eigenvalue weighted by molar-refractivity contribution is 5.92. The first-order chi connectivity index (χ1) is 13.5. The van der Waals surface area contributed by atoms with Gasteiger partial charge in [-0.3, -0.25) is 19.8 Å². The van der Waals surface area contributed by atoms with Crippen LogP contribution < -0.4 is 10.6 Å². The summed E-state index contributed by atoms with van der Waals surface area (Å²) in [4.78, 5) is 25.1. The van der Waals surface area contributed by atoms with Gasteiger partial charge >= 0.3 is 0 Å². The fraction of sp³-hybridized carbons (Fsp3) is 0.350. The zero-order chi connectivity index (χ0) is 20.1. The van der Waals surface area contributed by atoms with Gasteiger partial charge in [-0.1, -0.05) is 18.2 Å². The molecular formula is C20H24ClFN4O3. The minimum atomic E-state index is -0.463. The number of amides is 1. The SMILES string of the molecule is Cc1c(NC(=O)CCN2CCNCC2c2cccc(F)c2)cccc1[N+](=O)[O-].Cl. The van der Waals surface area contributed by atoms with Crippen LogP contribution in [0, 0.1) is 22.9 Å². The number of nitro benzene ring substituents is 1. The van der Waals surface area contributed by atoms with Crippen LogP contribution in [0.1, 0.15) is 23.6 Å². The van der Waals surface area contributed by atoms with Crippen LogP contribution in [0.2, 0.25) is 0 Å². The number of carbonyl (C=O) groups is 1. The van der Waals surface area contributed by atoms with Crippen molar-refractivity contribution in [2.24, 2.45) is 0 Å². The van der Waals surface area contributed by atoms with Crippen molar-refractivity contribution >= 4 is 29.7 Å². The van der Waals surface area contributed by atoms with E-state index in [4.69, 9.17) is 0 Å². The molecule has 1 fully saturated rings. The van der Waals surface area contributed by atoms with E-state index in [9.17, 15) is 19.3 Å². The molecule has 1 amide bonds. The number of benzene rings is 2. The van der Waals surface area contributed by atoms with Gasteiger partial charge in [0.15, 0.2) is 0 Å². The molecule has 2 N–H and O–H groups in total. The molecule has 0 saturated carbocycles. The number of hydrogen-bond acceptors (Lipinski definition) is 5. The zero-order valence-electron chi connectivity index (χ0n) is 16.1. The highest BCUT2D eigenvalue weighted by Crippen LogP contribution is 2.26. The molecule has 3 rings (SSSR count). The van der Waals surface area contributed by atoms with E-state index in [-0.39, 0.29) is 42.3 Å². The number of halogens is 2. The third-order valence-corrected chi connectivity index (χ3v) is 4.99. The Balaban J connectivity index is 0.00000300. The maximum absolute atomic E-state index is 13.6. The molecule has 1 aliphatic rings. The van der Waals surface area contributed by atoms with Crippen molar-refractivity contribution in [2.75, 3.05) is 31.5 Å². The fourth-order valence-corrected chi connectivity index (χ4v) is 3.47. The number of carbonyl (C=O) groups excluding carboxylic acids is 1. The van der Waals surface area contributed by atoms with Crippen LogP contribution in [-0.2, 0) is 4.79 Å². The third-order valence-electron chi connectivity index (χ3n) is 4.99. The number of hydrogen-bond donors (Lipinski definition) is 2. The lowest BCUT2D eigenvalue weighted by molar-refractivity contribution is -0.385. The Morgan fingerprint density at radius 1 is 1.34 bits per heavy atom. The Morgan fingerprint density at radius 3 is 2.83 bits per heavy atom. The molecule has 1 atom stereocenters. The number of piperazine rings is 1. The van der Waals surface area contributed by atoms with Gasteiger partial charge in [-0.2, -0.15) is 0 Å². The molecule has 2 aromatic rings. The van der Waals surface area contributed by atoms with Crippen LogP contribution in [0.15, 0.2) is 42.5 Å². The van der Waals surface area contributed by atoms with E-state index in [2.05, 4.69) is 15.5 Å². The molecule has 0 radical (unpaired) electrons. The Morgan fingerprint density at radius 2 is 2.10 bits per heavy atom. The molecular weight excluding hydrogens is 399 g/mol. The smallest absolute Gasteiger partial charge is 0.274 e. The van der Waals surface area contributed by atoms with Crippen molar-refractivity contribution < 1.29 is 14.1 Å². The summed E-state index contributed by atoms with van der Waals surface area (Å²) in [5.41, 5.74) is 1.73. The summed E-state index contributed by atoms with van der Waals surface area (Å²) in [5, 5.41) is 17.1. The molecule has 7 nitrogen and oxygen atoms in total.